The molecular formula is C42H30N4O. The Morgan fingerprint density at radius 2 is 1.17 bits per heavy atom. The molecule has 0 saturated carbocycles. The highest BCUT2D eigenvalue weighted by molar-refractivity contribution is 6.13. The first kappa shape index (κ1) is 27.3. The van der Waals surface area contributed by atoms with Gasteiger partial charge in [0.1, 0.15) is 11.2 Å². The van der Waals surface area contributed by atoms with E-state index in [0.717, 1.165) is 44.4 Å². The van der Waals surface area contributed by atoms with Crippen LogP contribution in [0.1, 0.15) is 25.0 Å². The van der Waals surface area contributed by atoms with E-state index in [1.807, 2.05) is 78.9 Å². The number of furan rings is 1. The molecule has 0 radical (unpaired) electrons. The molecule has 8 aromatic rings. The van der Waals surface area contributed by atoms with Crippen molar-refractivity contribution in [1.82, 2.24) is 15.0 Å². The molecule has 0 bridgehead atoms. The highest BCUT2D eigenvalue weighted by atomic mass is 16.3. The highest BCUT2D eigenvalue weighted by Gasteiger charge is 2.37. The van der Waals surface area contributed by atoms with E-state index >= 15 is 0 Å². The molecule has 0 aliphatic heterocycles. The molecule has 5 nitrogen and oxygen atoms in total. The lowest BCUT2D eigenvalue weighted by Gasteiger charge is -2.25. The summed E-state index contributed by atoms with van der Waals surface area (Å²) in [6, 6.07) is 49.9. The van der Waals surface area contributed by atoms with Gasteiger partial charge in [-0.05, 0) is 52.6 Å². The summed E-state index contributed by atoms with van der Waals surface area (Å²) in [5.74, 6) is 1.77. The predicted molar refractivity (Wildman–Crippen MR) is 190 cm³/mol. The first-order chi connectivity index (χ1) is 23.1. The van der Waals surface area contributed by atoms with Crippen molar-refractivity contribution in [1.29, 1.82) is 0 Å². The number of anilines is 3. The normalized spacial score (nSPS) is 13.1. The van der Waals surface area contributed by atoms with Crippen molar-refractivity contribution in [2.45, 2.75) is 19.3 Å². The predicted octanol–water partition coefficient (Wildman–Crippen LogP) is 10.9. The van der Waals surface area contributed by atoms with E-state index in [4.69, 9.17) is 19.4 Å². The zero-order chi connectivity index (χ0) is 31.5. The zero-order valence-corrected chi connectivity index (χ0v) is 26.1. The third-order valence-corrected chi connectivity index (χ3v) is 9.34. The SMILES string of the molecule is CC1(C)c2ccccc2-c2c(-c3nc(-c4ccccc4)nc(N(c4ccccc4)c4cccc5oc6ccccc6c45)n3)cccc21. The maximum Gasteiger partial charge on any atom is 0.238 e. The number of para-hydroxylation sites is 2. The summed E-state index contributed by atoms with van der Waals surface area (Å²) < 4.78 is 6.32. The zero-order valence-electron chi connectivity index (χ0n) is 26.1. The van der Waals surface area contributed by atoms with Crippen molar-refractivity contribution < 1.29 is 4.42 Å². The second-order valence-corrected chi connectivity index (χ2v) is 12.5. The molecule has 47 heavy (non-hydrogen) atoms. The minimum absolute atomic E-state index is 0.145. The van der Waals surface area contributed by atoms with Crippen molar-refractivity contribution in [3.05, 3.63) is 157 Å². The number of benzene rings is 6. The van der Waals surface area contributed by atoms with Gasteiger partial charge in [-0.2, -0.15) is 9.97 Å². The second-order valence-electron chi connectivity index (χ2n) is 12.5. The summed E-state index contributed by atoms with van der Waals surface area (Å²) in [4.78, 5) is 17.8. The van der Waals surface area contributed by atoms with Gasteiger partial charge in [0.25, 0.3) is 0 Å². The third-order valence-electron chi connectivity index (χ3n) is 9.34. The first-order valence-electron chi connectivity index (χ1n) is 15.9. The molecule has 0 spiro atoms. The number of hydrogen-bond donors (Lipinski definition) is 0. The molecule has 1 aliphatic rings. The lowest BCUT2D eigenvalue weighted by Crippen LogP contribution is -2.16. The fourth-order valence-corrected chi connectivity index (χ4v) is 7.12. The molecule has 1 aliphatic carbocycles. The maximum absolute atomic E-state index is 6.32. The minimum atomic E-state index is -0.145. The molecule has 2 aromatic heterocycles. The molecule has 0 saturated heterocycles. The summed E-state index contributed by atoms with van der Waals surface area (Å²) in [5, 5.41) is 2.04. The summed E-state index contributed by atoms with van der Waals surface area (Å²) in [7, 11) is 0. The lowest BCUT2D eigenvalue weighted by atomic mass is 9.82. The van der Waals surface area contributed by atoms with Crippen LogP contribution in [0.3, 0.4) is 0 Å². The fourth-order valence-electron chi connectivity index (χ4n) is 7.12. The van der Waals surface area contributed by atoms with Crippen LogP contribution >= 0.6 is 0 Å². The van der Waals surface area contributed by atoms with E-state index in [2.05, 4.69) is 85.5 Å². The molecule has 5 heteroatoms. The van der Waals surface area contributed by atoms with Crippen LogP contribution in [0.25, 0.3) is 55.8 Å². The topological polar surface area (TPSA) is 55.1 Å². The standard InChI is InChI=1S/C42H30N4O/c1-42(2)32-22-11-9-19-29(32)37-31(21-13-23-33(37)42)40-43-39(27-15-5-3-6-16-27)44-41(45-40)46(28-17-7-4-8-18-28)34-24-14-26-36-38(34)30-20-10-12-25-35(30)47-36/h3-26H,1-2H3. The van der Waals surface area contributed by atoms with Crippen LogP contribution in [0.5, 0.6) is 0 Å². The van der Waals surface area contributed by atoms with E-state index in [9.17, 15) is 0 Å². The molecule has 2 heterocycles. The first-order valence-corrected chi connectivity index (χ1v) is 15.9. The summed E-state index contributed by atoms with van der Waals surface area (Å²) in [6.07, 6.45) is 0. The van der Waals surface area contributed by atoms with E-state index in [-0.39, 0.29) is 5.41 Å². The molecule has 0 N–H and O–H groups in total. The highest BCUT2D eigenvalue weighted by Crippen LogP contribution is 2.52. The van der Waals surface area contributed by atoms with Gasteiger partial charge in [0.2, 0.25) is 5.95 Å². The van der Waals surface area contributed by atoms with E-state index < -0.39 is 0 Å². The van der Waals surface area contributed by atoms with E-state index in [1.165, 1.54) is 22.3 Å². The molecule has 0 atom stereocenters. The van der Waals surface area contributed by atoms with Crippen molar-refractivity contribution >= 4 is 39.3 Å². The van der Waals surface area contributed by atoms with Gasteiger partial charge >= 0.3 is 0 Å². The Kier molecular flexibility index (Phi) is 6.09. The quantitative estimate of drug-likeness (QED) is 0.195. The number of hydrogen-bond acceptors (Lipinski definition) is 5. The Bertz CT molecular complexity index is 2450. The molecule has 6 aromatic carbocycles. The smallest absolute Gasteiger partial charge is 0.238 e. The van der Waals surface area contributed by atoms with Gasteiger partial charge in [-0.25, -0.2) is 4.98 Å². The van der Waals surface area contributed by atoms with Gasteiger partial charge in [-0.15, -0.1) is 0 Å². The van der Waals surface area contributed by atoms with Gasteiger partial charge < -0.3 is 4.42 Å². The van der Waals surface area contributed by atoms with E-state index in [1.54, 1.807) is 0 Å². The molecule has 224 valence electrons. The molecule has 0 amide bonds. The van der Waals surface area contributed by atoms with Crippen molar-refractivity contribution in [2.24, 2.45) is 0 Å². The van der Waals surface area contributed by atoms with Crippen LogP contribution < -0.4 is 4.90 Å². The lowest BCUT2D eigenvalue weighted by molar-refractivity contribution is 0.660. The molecular weight excluding hydrogens is 576 g/mol. The Morgan fingerprint density at radius 1 is 0.532 bits per heavy atom. The monoisotopic (exact) mass is 606 g/mol. The van der Waals surface area contributed by atoms with Crippen molar-refractivity contribution in [3.63, 3.8) is 0 Å². The Morgan fingerprint density at radius 3 is 2.02 bits per heavy atom. The molecule has 0 unspecified atom stereocenters. The summed E-state index contributed by atoms with van der Waals surface area (Å²) in [5.41, 5.74) is 10.3. The van der Waals surface area contributed by atoms with Crippen LogP contribution in [-0.4, -0.2) is 15.0 Å². The van der Waals surface area contributed by atoms with Gasteiger partial charge in [0.05, 0.1) is 11.1 Å². The van der Waals surface area contributed by atoms with Gasteiger partial charge in [0, 0.05) is 27.6 Å². The number of rotatable bonds is 5. The third kappa shape index (κ3) is 4.27. The Hall–Kier alpha value is -6.07. The van der Waals surface area contributed by atoms with Crippen LogP contribution in [0.4, 0.5) is 17.3 Å². The van der Waals surface area contributed by atoms with Crippen LogP contribution in [0.15, 0.2) is 150 Å². The largest absolute Gasteiger partial charge is 0.456 e. The van der Waals surface area contributed by atoms with Crippen LogP contribution in [0.2, 0.25) is 0 Å². The van der Waals surface area contributed by atoms with Crippen LogP contribution in [0, 0.1) is 0 Å². The van der Waals surface area contributed by atoms with Gasteiger partial charge in [-0.3, -0.25) is 4.90 Å². The Balaban J connectivity index is 1.35. The fraction of sp³-hybridized carbons (Fsp3) is 0.0714. The minimum Gasteiger partial charge on any atom is -0.456 e. The average molecular weight is 607 g/mol. The molecule has 9 rings (SSSR count). The van der Waals surface area contributed by atoms with Crippen molar-refractivity contribution in [3.8, 4) is 33.9 Å². The number of nitrogens with zero attached hydrogens (tertiary/aromatic N) is 4. The van der Waals surface area contributed by atoms with Gasteiger partial charge in [-0.1, -0.05) is 129 Å². The average Bonchev–Trinajstić information content (AvgIpc) is 3.62. The number of fused-ring (bicyclic) bond motifs is 6. The summed E-state index contributed by atoms with van der Waals surface area (Å²) >= 11 is 0. The maximum atomic E-state index is 6.32. The number of aromatic nitrogens is 3. The molecule has 0 fully saturated rings. The second kappa shape index (κ2) is 10.5. The van der Waals surface area contributed by atoms with Crippen LogP contribution in [-0.2, 0) is 5.41 Å². The summed E-state index contributed by atoms with van der Waals surface area (Å²) in [6.45, 7) is 4.59. The van der Waals surface area contributed by atoms with Crippen molar-refractivity contribution in [2.75, 3.05) is 4.90 Å². The Labute approximate surface area is 272 Å². The van der Waals surface area contributed by atoms with Gasteiger partial charge in [0.15, 0.2) is 11.6 Å². The van der Waals surface area contributed by atoms with E-state index in [0.29, 0.717) is 17.6 Å².